The maximum atomic E-state index is 11.4. The van der Waals surface area contributed by atoms with Gasteiger partial charge in [0, 0.05) is 18.2 Å². The van der Waals surface area contributed by atoms with E-state index in [-0.39, 0.29) is 11.2 Å². The van der Waals surface area contributed by atoms with Gasteiger partial charge >= 0.3 is 0 Å². The highest BCUT2D eigenvalue weighted by Gasteiger charge is 2.23. The van der Waals surface area contributed by atoms with Crippen LogP contribution in [0.5, 0.6) is 0 Å². The number of hydrogen-bond donors (Lipinski definition) is 1. The Kier molecular flexibility index (Phi) is 5.16. The largest absolute Gasteiger partial charge is 0.369 e. The smallest absolute Gasteiger partial charge is 0.154 e. The van der Waals surface area contributed by atoms with E-state index < -0.39 is 9.84 Å². The van der Waals surface area contributed by atoms with Gasteiger partial charge in [-0.3, -0.25) is 0 Å². The molecule has 5 nitrogen and oxygen atoms in total. The second-order valence-electron chi connectivity index (χ2n) is 5.50. The standard InChI is InChI=1S/C12H20IN3O2S/c1-6-14-11-9(13)10(12(2,3)4)15-8(16-11)7-19(5,17)18/h6-7H2,1-5H3,(H,14,15,16). The summed E-state index contributed by atoms with van der Waals surface area (Å²) >= 11 is 2.21. The summed E-state index contributed by atoms with van der Waals surface area (Å²) in [6.07, 6.45) is 1.19. The predicted octanol–water partition coefficient (Wildman–Crippen LogP) is 2.36. The van der Waals surface area contributed by atoms with Crippen molar-refractivity contribution in [3.05, 3.63) is 15.1 Å². The molecule has 0 bridgehead atoms. The van der Waals surface area contributed by atoms with Crippen LogP contribution in [0.4, 0.5) is 5.82 Å². The number of nitrogens with zero attached hydrogens (tertiary/aromatic N) is 2. The molecule has 1 aromatic rings. The zero-order chi connectivity index (χ0) is 14.8. The Morgan fingerprint density at radius 2 is 1.84 bits per heavy atom. The molecule has 7 heteroatoms. The lowest BCUT2D eigenvalue weighted by molar-refractivity contribution is 0.558. The van der Waals surface area contributed by atoms with Crippen molar-refractivity contribution >= 4 is 38.2 Å². The van der Waals surface area contributed by atoms with Crippen LogP contribution in [0.15, 0.2) is 0 Å². The fourth-order valence-corrected chi connectivity index (χ4v) is 3.41. The van der Waals surface area contributed by atoms with Gasteiger partial charge in [0.25, 0.3) is 0 Å². The molecule has 108 valence electrons. The van der Waals surface area contributed by atoms with Gasteiger partial charge in [0.1, 0.15) is 17.4 Å². The van der Waals surface area contributed by atoms with E-state index in [1.807, 2.05) is 6.92 Å². The molecular weight excluding hydrogens is 377 g/mol. The molecule has 1 rings (SSSR count). The molecule has 0 aliphatic heterocycles. The van der Waals surface area contributed by atoms with Crippen molar-refractivity contribution in [2.45, 2.75) is 38.9 Å². The van der Waals surface area contributed by atoms with E-state index in [1.54, 1.807) is 0 Å². The molecule has 0 radical (unpaired) electrons. The molecule has 0 amide bonds. The second kappa shape index (κ2) is 5.90. The Balaban J connectivity index is 3.39. The summed E-state index contributed by atoms with van der Waals surface area (Å²) < 4.78 is 23.8. The molecule has 1 heterocycles. The quantitative estimate of drug-likeness (QED) is 0.790. The van der Waals surface area contributed by atoms with Crippen LogP contribution in [-0.2, 0) is 21.0 Å². The van der Waals surface area contributed by atoms with Gasteiger partial charge in [-0.2, -0.15) is 0 Å². The first-order valence-electron chi connectivity index (χ1n) is 6.03. The van der Waals surface area contributed by atoms with Crippen LogP contribution >= 0.6 is 22.6 Å². The molecule has 0 aliphatic rings. The van der Waals surface area contributed by atoms with Crippen LogP contribution in [0.25, 0.3) is 0 Å². The molecule has 0 saturated heterocycles. The van der Waals surface area contributed by atoms with E-state index in [4.69, 9.17) is 0 Å². The summed E-state index contributed by atoms with van der Waals surface area (Å²) in [6.45, 7) is 8.87. The average molecular weight is 397 g/mol. The third-order valence-electron chi connectivity index (χ3n) is 2.34. The number of rotatable bonds is 4. The molecule has 1 N–H and O–H groups in total. The maximum absolute atomic E-state index is 11.4. The van der Waals surface area contributed by atoms with Gasteiger partial charge in [-0.05, 0) is 29.5 Å². The van der Waals surface area contributed by atoms with E-state index in [9.17, 15) is 8.42 Å². The minimum Gasteiger partial charge on any atom is -0.369 e. The van der Waals surface area contributed by atoms with Crippen LogP contribution < -0.4 is 5.32 Å². The zero-order valence-electron chi connectivity index (χ0n) is 11.9. The molecule has 0 aromatic carbocycles. The van der Waals surface area contributed by atoms with Gasteiger partial charge < -0.3 is 5.32 Å². The monoisotopic (exact) mass is 397 g/mol. The molecule has 0 atom stereocenters. The summed E-state index contributed by atoms with van der Waals surface area (Å²) in [5.41, 5.74) is 0.716. The lowest BCUT2D eigenvalue weighted by Crippen LogP contribution is -2.20. The van der Waals surface area contributed by atoms with Crippen molar-refractivity contribution < 1.29 is 8.42 Å². The molecular formula is C12H20IN3O2S. The Hall–Kier alpha value is -0.440. The van der Waals surface area contributed by atoms with Gasteiger partial charge in [-0.25, -0.2) is 18.4 Å². The van der Waals surface area contributed by atoms with Crippen LogP contribution in [0.3, 0.4) is 0 Å². The van der Waals surface area contributed by atoms with Crippen LogP contribution in [-0.4, -0.2) is 31.2 Å². The minimum absolute atomic E-state index is 0.134. The maximum Gasteiger partial charge on any atom is 0.154 e. The summed E-state index contributed by atoms with van der Waals surface area (Å²) in [6, 6.07) is 0. The van der Waals surface area contributed by atoms with Gasteiger partial charge in [0.2, 0.25) is 0 Å². The number of halogens is 1. The van der Waals surface area contributed by atoms with Crippen molar-refractivity contribution in [3.63, 3.8) is 0 Å². The normalized spacial score (nSPS) is 12.5. The Morgan fingerprint density at radius 3 is 2.26 bits per heavy atom. The van der Waals surface area contributed by atoms with Crippen LogP contribution in [0.2, 0.25) is 0 Å². The summed E-state index contributed by atoms with van der Waals surface area (Å²) in [5.74, 6) is 0.927. The third kappa shape index (κ3) is 4.87. The fraction of sp³-hybridized carbons (Fsp3) is 0.667. The molecule has 0 fully saturated rings. The van der Waals surface area contributed by atoms with Crippen molar-refractivity contribution in [1.82, 2.24) is 9.97 Å². The summed E-state index contributed by atoms with van der Waals surface area (Å²) in [5, 5.41) is 3.16. The van der Waals surface area contributed by atoms with E-state index in [0.717, 1.165) is 15.8 Å². The summed E-state index contributed by atoms with van der Waals surface area (Å²) in [4.78, 5) is 8.75. The number of hydrogen-bond acceptors (Lipinski definition) is 5. The van der Waals surface area contributed by atoms with Crippen LogP contribution in [0.1, 0.15) is 39.2 Å². The lowest BCUT2D eigenvalue weighted by Gasteiger charge is -2.22. The Bertz CT molecular complexity index is 565. The number of nitrogens with one attached hydrogen (secondary N) is 1. The number of anilines is 1. The summed E-state index contributed by atoms with van der Waals surface area (Å²) in [7, 11) is -3.14. The Labute approximate surface area is 128 Å². The highest BCUT2D eigenvalue weighted by Crippen LogP contribution is 2.29. The lowest BCUT2D eigenvalue weighted by atomic mass is 9.92. The fourth-order valence-electron chi connectivity index (χ4n) is 1.57. The van der Waals surface area contributed by atoms with Crippen LogP contribution in [0, 0.1) is 3.57 Å². The molecule has 1 aromatic heterocycles. The number of aromatic nitrogens is 2. The minimum atomic E-state index is -3.14. The van der Waals surface area contributed by atoms with E-state index in [1.165, 1.54) is 6.26 Å². The van der Waals surface area contributed by atoms with E-state index in [2.05, 4.69) is 58.6 Å². The highest BCUT2D eigenvalue weighted by atomic mass is 127. The molecule has 0 unspecified atom stereocenters. The van der Waals surface area contributed by atoms with Gasteiger partial charge in [0.05, 0.1) is 9.26 Å². The second-order valence-corrected chi connectivity index (χ2v) is 8.72. The van der Waals surface area contributed by atoms with Crippen molar-refractivity contribution in [2.24, 2.45) is 0 Å². The molecule has 0 aliphatic carbocycles. The molecule has 0 saturated carbocycles. The first kappa shape index (κ1) is 16.6. The van der Waals surface area contributed by atoms with Gasteiger partial charge in [0.15, 0.2) is 9.84 Å². The first-order chi connectivity index (χ1) is 8.54. The van der Waals surface area contributed by atoms with Crippen molar-refractivity contribution in [1.29, 1.82) is 0 Å². The molecule has 0 spiro atoms. The molecule has 19 heavy (non-hydrogen) atoms. The van der Waals surface area contributed by atoms with E-state index in [0.29, 0.717) is 11.6 Å². The predicted molar refractivity (Wildman–Crippen MR) is 86.2 cm³/mol. The zero-order valence-corrected chi connectivity index (χ0v) is 14.9. The average Bonchev–Trinajstić information content (AvgIpc) is 2.19. The highest BCUT2D eigenvalue weighted by molar-refractivity contribution is 14.1. The third-order valence-corrected chi connectivity index (χ3v) is 4.15. The Morgan fingerprint density at radius 1 is 1.26 bits per heavy atom. The first-order valence-corrected chi connectivity index (χ1v) is 9.17. The van der Waals surface area contributed by atoms with Crippen molar-refractivity contribution in [2.75, 3.05) is 18.1 Å². The van der Waals surface area contributed by atoms with E-state index >= 15 is 0 Å². The van der Waals surface area contributed by atoms with Gasteiger partial charge in [-0.15, -0.1) is 0 Å². The van der Waals surface area contributed by atoms with Crippen molar-refractivity contribution in [3.8, 4) is 0 Å². The SMILES string of the molecule is CCNc1nc(CS(C)(=O)=O)nc(C(C)(C)C)c1I. The van der Waals surface area contributed by atoms with Gasteiger partial charge in [-0.1, -0.05) is 20.8 Å². The topological polar surface area (TPSA) is 72.0 Å². The number of sulfone groups is 1.